The van der Waals surface area contributed by atoms with Gasteiger partial charge in [-0.3, -0.25) is 9.59 Å². The number of aryl methyl sites for hydroxylation is 2. The van der Waals surface area contributed by atoms with Crippen LogP contribution < -0.4 is 10.6 Å². The number of carbonyl (C=O) groups excluding carboxylic acids is 2. The van der Waals surface area contributed by atoms with Gasteiger partial charge >= 0.3 is 11.8 Å². The van der Waals surface area contributed by atoms with Gasteiger partial charge in [-0.25, -0.2) is 0 Å². The van der Waals surface area contributed by atoms with Crippen LogP contribution in [0, 0.1) is 13.8 Å². The van der Waals surface area contributed by atoms with Gasteiger partial charge in [0, 0.05) is 21.4 Å². The summed E-state index contributed by atoms with van der Waals surface area (Å²) in [7, 11) is 0. The number of benzene rings is 2. The molecule has 114 valence electrons. The van der Waals surface area contributed by atoms with Crippen molar-refractivity contribution in [3.63, 3.8) is 0 Å². The summed E-state index contributed by atoms with van der Waals surface area (Å²) in [4.78, 5) is 23.8. The average molecular weight is 337 g/mol. The molecule has 0 aliphatic rings. The van der Waals surface area contributed by atoms with E-state index in [0.717, 1.165) is 11.1 Å². The summed E-state index contributed by atoms with van der Waals surface area (Å²) in [6.07, 6.45) is 0. The van der Waals surface area contributed by atoms with E-state index in [9.17, 15) is 9.59 Å². The Morgan fingerprint density at radius 2 is 1.45 bits per heavy atom. The lowest BCUT2D eigenvalue weighted by atomic mass is 10.1. The molecule has 2 amide bonds. The summed E-state index contributed by atoms with van der Waals surface area (Å²) < 4.78 is 0. The van der Waals surface area contributed by atoms with E-state index < -0.39 is 11.8 Å². The van der Waals surface area contributed by atoms with E-state index in [1.165, 1.54) is 18.2 Å². The van der Waals surface area contributed by atoms with Gasteiger partial charge < -0.3 is 10.6 Å². The molecule has 0 heterocycles. The Bertz CT molecular complexity index is 725. The average Bonchev–Trinajstić information content (AvgIpc) is 2.40. The van der Waals surface area contributed by atoms with Crippen LogP contribution in [0.4, 0.5) is 11.4 Å². The van der Waals surface area contributed by atoms with E-state index in [1.54, 1.807) is 6.07 Å². The minimum absolute atomic E-state index is 0.360. The zero-order chi connectivity index (χ0) is 16.3. The number of anilines is 2. The van der Waals surface area contributed by atoms with E-state index in [4.69, 9.17) is 23.2 Å². The second-order valence-corrected chi connectivity index (χ2v) is 5.76. The molecule has 0 aromatic heterocycles. The molecule has 0 atom stereocenters. The summed E-state index contributed by atoms with van der Waals surface area (Å²) in [5, 5.41) is 5.77. The molecule has 0 spiro atoms. The monoisotopic (exact) mass is 336 g/mol. The second-order valence-electron chi connectivity index (χ2n) is 4.88. The maximum Gasteiger partial charge on any atom is 0.314 e. The summed E-state index contributed by atoms with van der Waals surface area (Å²) >= 11 is 11.7. The largest absolute Gasteiger partial charge is 0.318 e. The van der Waals surface area contributed by atoms with Crippen LogP contribution in [0.15, 0.2) is 36.4 Å². The number of halogens is 2. The highest BCUT2D eigenvalue weighted by atomic mass is 35.5. The molecule has 0 fully saturated rings. The number of carbonyl (C=O) groups is 2. The number of hydrogen-bond acceptors (Lipinski definition) is 2. The highest BCUT2D eigenvalue weighted by Crippen LogP contribution is 2.22. The predicted molar refractivity (Wildman–Crippen MR) is 89.6 cm³/mol. The van der Waals surface area contributed by atoms with E-state index >= 15 is 0 Å². The van der Waals surface area contributed by atoms with Crippen LogP contribution in [-0.2, 0) is 9.59 Å². The first kappa shape index (κ1) is 16.3. The van der Waals surface area contributed by atoms with Crippen LogP contribution in [0.5, 0.6) is 0 Å². The molecule has 0 unspecified atom stereocenters. The highest BCUT2D eigenvalue weighted by molar-refractivity contribution is 6.44. The van der Waals surface area contributed by atoms with E-state index in [2.05, 4.69) is 10.6 Å². The lowest BCUT2D eigenvalue weighted by Crippen LogP contribution is -2.29. The second kappa shape index (κ2) is 6.81. The molecule has 4 nitrogen and oxygen atoms in total. The van der Waals surface area contributed by atoms with Gasteiger partial charge in [-0.05, 0) is 43.7 Å². The van der Waals surface area contributed by atoms with Crippen molar-refractivity contribution >= 4 is 46.4 Å². The fourth-order valence-electron chi connectivity index (χ4n) is 1.95. The Morgan fingerprint density at radius 1 is 0.864 bits per heavy atom. The van der Waals surface area contributed by atoms with Crippen LogP contribution >= 0.6 is 23.2 Å². The molecule has 0 saturated heterocycles. The molecule has 0 aliphatic heterocycles. The van der Waals surface area contributed by atoms with Gasteiger partial charge in [0.25, 0.3) is 0 Å². The normalized spacial score (nSPS) is 10.2. The Morgan fingerprint density at radius 3 is 2.05 bits per heavy atom. The maximum absolute atomic E-state index is 11.9. The first-order valence-electron chi connectivity index (χ1n) is 6.51. The first-order valence-corrected chi connectivity index (χ1v) is 7.26. The van der Waals surface area contributed by atoms with Crippen molar-refractivity contribution in [1.29, 1.82) is 0 Å². The molecular formula is C16H14Cl2N2O2. The minimum atomic E-state index is -0.793. The van der Waals surface area contributed by atoms with Crippen LogP contribution in [-0.4, -0.2) is 11.8 Å². The van der Waals surface area contributed by atoms with Crippen molar-refractivity contribution in [3.8, 4) is 0 Å². The smallest absolute Gasteiger partial charge is 0.314 e. The summed E-state index contributed by atoms with van der Waals surface area (Å²) in [5.41, 5.74) is 2.91. The van der Waals surface area contributed by atoms with Crippen molar-refractivity contribution in [2.24, 2.45) is 0 Å². The lowest BCUT2D eigenvalue weighted by molar-refractivity contribution is -0.133. The van der Waals surface area contributed by atoms with Crippen LogP contribution in [0.1, 0.15) is 11.1 Å². The van der Waals surface area contributed by atoms with Gasteiger partial charge in [-0.2, -0.15) is 0 Å². The van der Waals surface area contributed by atoms with Gasteiger partial charge in [-0.15, -0.1) is 0 Å². The molecule has 0 aliphatic carbocycles. The topological polar surface area (TPSA) is 58.2 Å². The highest BCUT2D eigenvalue weighted by Gasteiger charge is 2.15. The number of hydrogen-bond donors (Lipinski definition) is 2. The standard InChI is InChI=1S/C16H14Cl2N2O2/c1-9-3-4-14(10(2)5-9)20-16(22)15(21)19-13-7-11(17)6-12(18)8-13/h3-8H,1-2H3,(H,19,21)(H,20,22). The Labute approximate surface area is 138 Å². The van der Waals surface area contributed by atoms with Crippen molar-refractivity contribution in [1.82, 2.24) is 0 Å². The third kappa shape index (κ3) is 4.23. The minimum Gasteiger partial charge on any atom is -0.318 e. The number of rotatable bonds is 2. The zero-order valence-electron chi connectivity index (χ0n) is 12.0. The van der Waals surface area contributed by atoms with Gasteiger partial charge in [0.2, 0.25) is 0 Å². The quantitative estimate of drug-likeness (QED) is 0.808. The Hall–Kier alpha value is -2.04. The summed E-state index contributed by atoms with van der Waals surface area (Å²) in [6.45, 7) is 3.81. The van der Waals surface area contributed by atoms with Gasteiger partial charge in [-0.1, -0.05) is 40.9 Å². The number of nitrogens with one attached hydrogen (secondary N) is 2. The summed E-state index contributed by atoms with van der Waals surface area (Å²) in [5.74, 6) is -1.55. The van der Waals surface area contributed by atoms with Gasteiger partial charge in [0.05, 0.1) is 0 Å². The summed E-state index contributed by atoms with van der Waals surface area (Å²) in [6, 6.07) is 10.1. The van der Waals surface area contributed by atoms with Crippen LogP contribution in [0.2, 0.25) is 10.0 Å². The molecule has 0 bridgehead atoms. The molecule has 2 N–H and O–H groups in total. The third-order valence-corrected chi connectivity index (χ3v) is 3.39. The maximum atomic E-state index is 11.9. The SMILES string of the molecule is Cc1ccc(NC(=O)C(=O)Nc2cc(Cl)cc(Cl)c2)c(C)c1. The fourth-order valence-corrected chi connectivity index (χ4v) is 2.47. The molecule has 6 heteroatoms. The van der Waals surface area contributed by atoms with Crippen LogP contribution in [0.3, 0.4) is 0 Å². The van der Waals surface area contributed by atoms with Gasteiger partial charge in [0.1, 0.15) is 0 Å². The van der Waals surface area contributed by atoms with Crippen molar-refractivity contribution < 1.29 is 9.59 Å². The van der Waals surface area contributed by atoms with E-state index in [-0.39, 0.29) is 0 Å². The van der Waals surface area contributed by atoms with Crippen molar-refractivity contribution in [3.05, 3.63) is 57.6 Å². The van der Waals surface area contributed by atoms with Crippen LogP contribution in [0.25, 0.3) is 0 Å². The van der Waals surface area contributed by atoms with E-state index in [1.807, 2.05) is 26.0 Å². The zero-order valence-corrected chi connectivity index (χ0v) is 13.5. The molecule has 0 saturated carbocycles. The molecule has 2 aromatic carbocycles. The Balaban J connectivity index is 2.07. The first-order chi connectivity index (χ1) is 10.3. The van der Waals surface area contributed by atoms with Crippen molar-refractivity contribution in [2.45, 2.75) is 13.8 Å². The third-order valence-electron chi connectivity index (χ3n) is 2.96. The molecule has 2 rings (SSSR count). The molecular weight excluding hydrogens is 323 g/mol. The van der Waals surface area contributed by atoms with E-state index in [0.29, 0.717) is 21.4 Å². The molecule has 22 heavy (non-hydrogen) atoms. The molecule has 2 aromatic rings. The molecule has 0 radical (unpaired) electrons. The van der Waals surface area contributed by atoms with Crippen molar-refractivity contribution in [2.75, 3.05) is 10.6 Å². The fraction of sp³-hybridized carbons (Fsp3) is 0.125. The number of amides is 2. The Kier molecular flexibility index (Phi) is 5.06. The predicted octanol–water partition coefficient (Wildman–Crippen LogP) is 4.19. The lowest BCUT2D eigenvalue weighted by Gasteiger charge is -2.10. The van der Waals surface area contributed by atoms with Gasteiger partial charge in [0.15, 0.2) is 0 Å².